The van der Waals surface area contributed by atoms with Crippen molar-refractivity contribution in [2.75, 3.05) is 29.4 Å². The van der Waals surface area contributed by atoms with Gasteiger partial charge in [0.1, 0.15) is 0 Å². The second kappa shape index (κ2) is 5.28. The Hall–Kier alpha value is -2.43. The van der Waals surface area contributed by atoms with Gasteiger partial charge < -0.3 is 9.80 Å². The van der Waals surface area contributed by atoms with Gasteiger partial charge in [-0.15, -0.1) is 5.10 Å². The zero-order chi connectivity index (χ0) is 13.9. The van der Waals surface area contributed by atoms with Crippen LogP contribution in [-0.2, 0) is 4.79 Å². The fourth-order valence-corrected chi connectivity index (χ4v) is 2.31. The van der Waals surface area contributed by atoms with E-state index in [-0.39, 0.29) is 5.91 Å². The first kappa shape index (κ1) is 12.6. The van der Waals surface area contributed by atoms with E-state index in [0.29, 0.717) is 13.1 Å². The van der Waals surface area contributed by atoms with Gasteiger partial charge in [-0.1, -0.05) is 18.2 Å². The number of aryl methyl sites for hydroxylation is 1. The topological polar surface area (TPSA) is 49.3 Å². The van der Waals surface area contributed by atoms with Gasteiger partial charge in [0.15, 0.2) is 5.82 Å². The molecule has 1 aromatic heterocycles. The summed E-state index contributed by atoms with van der Waals surface area (Å²) in [5.41, 5.74) is 1.83. The Labute approximate surface area is 117 Å². The molecule has 5 nitrogen and oxygen atoms in total. The third-order valence-corrected chi connectivity index (χ3v) is 3.40. The maximum atomic E-state index is 12.3. The number of benzene rings is 1. The minimum atomic E-state index is 0.0878. The Kier molecular flexibility index (Phi) is 3.33. The molecule has 0 unspecified atom stereocenters. The second-order valence-corrected chi connectivity index (χ2v) is 4.84. The molecule has 0 atom stereocenters. The van der Waals surface area contributed by atoms with E-state index in [9.17, 15) is 4.79 Å². The average Bonchev–Trinajstić information content (AvgIpc) is 2.49. The summed E-state index contributed by atoms with van der Waals surface area (Å²) in [6.07, 6.45) is 0. The number of piperazine rings is 1. The molecule has 2 aromatic rings. The quantitative estimate of drug-likeness (QED) is 0.831. The molecule has 1 aliphatic rings. The minimum absolute atomic E-state index is 0.0878. The van der Waals surface area contributed by atoms with E-state index < -0.39 is 0 Å². The number of amides is 1. The van der Waals surface area contributed by atoms with Gasteiger partial charge in [-0.2, -0.15) is 5.10 Å². The fraction of sp³-hybridized carbons (Fsp3) is 0.267. The monoisotopic (exact) mass is 268 g/mol. The third kappa shape index (κ3) is 2.47. The van der Waals surface area contributed by atoms with Crippen LogP contribution in [0, 0.1) is 6.92 Å². The summed E-state index contributed by atoms with van der Waals surface area (Å²) in [6.45, 7) is 3.67. The van der Waals surface area contributed by atoms with Gasteiger partial charge in [-0.3, -0.25) is 4.79 Å². The lowest BCUT2D eigenvalue weighted by Gasteiger charge is -2.34. The highest BCUT2D eigenvalue weighted by Gasteiger charge is 2.25. The molecule has 0 N–H and O–H groups in total. The number of aromatic nitrogens is 2. The molecule has 1 aromatic carbocycles. The molecule has 0 aliphatic carbocycles. The number of carbonyl (C=O) groups excluding carboxylic acids is 1. The number of para-hydroxylation sites is 1. The number of hydrogen-bond acceptors (Lipinski definition) is 4. The largest absolute Gasteiger partial charge is 0.344 e. The lowest BCUT2D eigenvalue weighted by atomic mass is 10.2. The molecule has 1 fully saturated rings. The number of anilines is 2. The van der Waals surface area contributed by atoms with Gasteiger partial charge in [-0.25, -0.2) is 0 Å². The molecule has 1 amide bonds. The first-order valence-corrected chi connectivity index (χ1v) is 6.65. The molecule has 3 rings (SSSR count). The fourth-order valence-electron chi connectivity index (χ4n) is 2.31. The molecule has 0 spiro atoms. The minimum Gasteiger partial charge on any atom is -0.344 e. The molecular formula is C15H16N4O. The van der Waals surface area contributed by atoms with Crippen LogP contribution in [0.2, 0.25) is 0 Å². The summed E-state index contributed by atoms with van der Waals surface area (Å²) in [4.78, 5) is 16.1. The molecule has 2 heterocycles. The Morgan fingerprint density at radius 3 is 2.45 bits per heavy atom. The van der Waals surface area contributed by atoms with Crippen LogP contribution in [0.1, 0.15) is 5.69 Å². The van der Waals surface area contributed by atoms with Crippen molar-refractivity contribution >= 4 is 17.4 Å². The SMILES string of the molecule is Cc1ccc(N2CCN(c3ccccc3)C(=O)C2)nn1. The standard InChI is InChI=1S/C15H16N4O/c1-12-7-8-14(17-16-12)18-9-10-19(15(20)11-18)13-5-3-2-4-6-13/h2-8H,9-11H2,1H3. The van der Waals surface area contributed by atoms with E-state index in [1.54, 1.807) is 0 Å². The van der Waals surface area contributed by atoms with E-state index in [4.69, 9.17) is 0 Å². The number of nitrogens with zero attached hydrogens (tertiary/aromatic N) is 4. The number of hydrogen-bond donors (Lipinski definition) is 0. The molecule has 102 valence electrons. The molecule has 0 radical (unpaired) electrons. The molecule has 20 heavy (non-hydrogen) atoms. The van der Waals surface area contributed by atoms with Crippen LogP contribution >= 0.6 is 0 Å². The van der Waals surface area contributed by atoms with Crippen LogP contribution in [0.5, 0.6) is 0 Å². The van der Waals surface area contributed by atoms with Gasteiger partial charge in [0.25, 0.3) is 0 Å². The Balaban J connectivity index is 1.74. The zero-order valence-electron chi connectivity index (χ0n) is 11.4. The van der Waals surface area contributed by atoms with Crippen molar-refractivity contribution in [3.05, 3.63) is 48.2 Å². The van der Waals surface area contributed by atoms with Gasteiger partial charge >= 0.3 is 0 Å². The van der Waals surface area contributed by atoms with E-state index in [1.807, 2.05) is 59.2 Å². The van der Waals surface area contributed by atoms with Crippen LogP contribution < -0.4 is 9.80 Å². The Morgan fingerprint density at radius 1 is 1.00 bits per heavy atom. The summed E-state index contributed by atoms with van der Waals surface area (Å²) in [7, 11) is 0. The second-order valence-electron chi connectivity index (χ2n) is 4.84. The predicted octanol–water partition coefficient (Wildman–Crippen LogP) is 1.64. The summed E-state index contributed by atoms with van der Waals surface area (Å²) in [6, 6.07) is 13.6. The lowest BCUT2D eigenvalue weighted by molar-refractivity contribution is -0.117. The molecule has 5 heteroatoms. The van der Waals surface area contributed by atoms with Gasteiger partial charge in [0.05, 0.1) is 12.2 Å². The summed E-state index contributed by atoms with van der Waals surface area (Å²) >= 11 is 0. The van der Waals surface area contributed by atoms with Gasteiger partial charge in [-0.05, 0) is 31.2 Å². The van der Waals surface area contributed by atoms with Gasteiger partial charge in [0.2, 0.25) is 5.91 Å². The first-order chi connectivity index (χ1) is 9.74. The summed E-state index contributed by atoms with van der Waals surface area (Å²) < 4.78 is 0. The molecule has 1 aliphatic heterocycles. The smallest absolute Gasteiger partial charge is 0.246 e. The molecule has 1 saturated heterocycles. The van der Waals surface area contributed by atoms with Crippen molar-refractivity contribution < 1.29 is 4.79 Å². The van der Waals surface area contributed by atoms with Crippen molar-refractivity contribution in [2.24, 2.45) is 0 Å². The van der Waals surface area contributed by atoms with Crippen molar-refractivity contribution in [3.8, 4) is 0 Å². The first-order valence-electron chi connectivity index (χ1n) is 6.65. The van der Waals surface area contributed by atoms with Crippen LogP contribution in [0.3, 0.4) is 0 Å². The van der Waals surface area contributed by atoms with E-state index in [1.165, 1.54) is 0 Å². The van der Waals surface area contributed by atoms with Crippen LogP contribution in [0.4, 0.5) is 11.5 Å². The molecule has 0 bridgehead atoms. The zero-order valence-corrected chi connectivity index (χ0v) is 11.4. The van der Waals surface area contributed by atoms with Crippen molar-refractivity contribution in [1.82, 2.24) is 10.2 Å². The average molecular weight is 268 g/mol. The highest BCUT2D eigenvalue weighted by molar-refractivity contribution is 5.97. The van der Waals surface area contributed by atoms with Crippen LogP contribution in [0.15, 0.2) is 42.5 Å². The van der Waals surface area contributed by atoms with E-state index in [2.05, 4.69) is 10.2 Å². The third-order valence-electron chi connectivity index (χ3n) is 3.40. The van der Waals surface area contributed by atoms with Gasteiger partial charge in [0, 0.05) is 18.8 Å². The maximum Gasteiger partial charge on any atom is 0.246 e. The number of rotatable bonds is 2. The highest BCUT2D eigenvalue weighted by atomic mass is 16.2. The van der Waals surface area contributed by atoms with E-state index in [0.717, 1.165) is 23.7 Å². The molecular weight excluding hydrogens is 252 g/mol. The van der Waals surface area contributed by atoms with Crippen LogP contribution in [-0.4, -0.2) is 35.7 Å². The van der Waals surface area contributed by atoms with E-state index >= 15 is 0 Å². The summed E-state index contributed by atoms with van der Waals surface area (Å²) in [5, 5.41) is 8.18. The van der Waals surface area contributed by atoms with Crippen molar-refractivity contribution in [1.29, 1.82) is 0 Å². The highest BCUT2D eigenvalue weighted by Crippen LogP contribution is 2.19. The summed E-state index contributed by atoms with van der Waals surface area (Å²) in [5.74, 6) is 0.849. The number of carbonyl (C=O) groups is 1. The maximum absolute atomic E-state index is 12.3. The predicted molar refractivity (Wildman–Crippen MR) is 77.8 cm³/mol. The lowest BCUT2D eigenvalue weighted by Crippen LogP contribution is -2.51. The van der Waals surface area contributed by atoms with Crippen molar-refractivity contribution in [3.63, 3.8) is 0 Å². The normalized spacial score (nSPS) is 15.6. The molecule has 0 saturated carbocycles. The Morgan fingerprint density at radius 2 is 1.80 bits per heavy atom. The Bertz CT molecular complexity index is 597. The van der Waals surface area contributed by atoms with Crippen molar-refractivity contribution in [2.45, 2.75) is 6.92 Å². The van der Waals surface area contributed by atoms with Crippen LogP contribution in [0.25, 0.3) is 0 Å².